The van der Waals surface area contributed by atoms with Crippen molar-refractivity contribution in [2.24, 2.45) is 0 Å². The van der Waals surface area contributed by atoms with Crippen LogP contribution in [0.3, 0.4) is 0 Å². The van der Waals surface area contributed by atoms with Gasteiger partial charge in [-0.1, -0.05) is 30.3 Å². The third kappa shape index (κ3) is 5.85. The Bertz CT molecular complexity index is 560. The highest BCUT2D eigenvalue weighted by molar-refractivity contribution is 5.78. The van der Waals surface area contributed by atoms with Crippen LogP contribution in [0.15, 0.2) is 30.3 Å². The van der Waals surface area contributed by atoms with Crippen molar-refractivity contribution in [3.8, 4) is 0 Å². The summed E-state index contributed by atoms with van der Waals surface area (Å²) in [4.78, 5) is 25.3. The van der Waals surface area contributed by atoms with Gasteiger partial charge < -0.3 is 20.3 Å². The zero-order valence-corrected chi connectivity index (χ0v) is 14.7. The number of piperidine rings is 1. The molecule has 1 heterocycles. The Kier molecular flexibility index (Phi) is 6.20. The molecule has 1 aromatic carbocycles. The molecule has 1 atom stereocenters. The Morgan fingerprint density at radius 1 is 1.33 bits per heavy atom. The minimum Gasteiger partial charge on any atom is -0.374 e. The summed E-state index contributed by atoms with van der Waals surface area (Å²) in [7, 11) is 1.76. The lowest BCUT2D eigenvalue weighted by Crippen LogP contribution is -2.56. The maximum atomic E-state index is 12.2. The van der Waals surface area contributed by atoms with Gasteiger partial charge in [-0.15, -0.1) is 0 Å². The molecule has 0 aliphatic carbocycles. The molecule has 1 aliphatic heterocycles. The van der Waals surface area contributed by atoms with Crippen molar-refractivity contribution in [3.63, 3.8) is 0 Å². The molecule has 2 rings (SSSR count). The number of likely N-dealkylation sites (N-methyl/N-ethyl adjacent to an activating group) is 1. The molecule has 1 aromatic rings. The second kappa shape index (κ2) is 8.15. The smallest absolute Gasteiger partial charge is 0.315 e. The highest BCUT2D eigenvalue weighted by Gasteiger charge is 2.26. The van der Waals surface area contributed by atoms with Gasteiger partial charge in [-0.25, -0.2) is 4.79 Å². The van der Waals surface area contributed by atoms with E-state index in [9.17, 15) is 9.59 Å². The van der Waals surface area contributed by atoms with Gasteiger partial charge in [0.05, 0.1) is 18.8 Å². The van der Waals surface area contributed by atoms with Crippen molar-refractivity contribution in [1.82, 2.24) is 15.5 Å². The number of nitrogens with one attached hydrogen (secondary N) is 2. The van der Waals surface area contributed by atoms with Gasteiger partial charge in [-0.3, -0.25) is 4.79 Å². The summed E-state index contributed by atoms with van der Waals surface area (Å²) < 4.78 is 5.71. The SMILES string of the molecule is CN1C[C@@H](NC(=O)NC(C)(C)COCc2ccccc2)CCC1=O. The van der Waals surface area contributed by atoms with Gasteiger partial charge in [0.15, 0.2) is 0 Å². The fourth-order valence-corrected chi connectivity index (χ4v) is 2.69. The third-order valence-corrected chi connectivity index (χ3v) is 3.99. The molecule has 1 fully saturated rings. The Balaban J connectivity index is 1.72. The van der Waals surface area contributed by atoms with Crippen molar-refractivity contribution in [2.75, 3.05) is 20.2 Å². The van der Waals surface area contributed by atoms with Crippen LogP contribution in [0.4, 0.5) is 4.79 Å². The molecule has 1 saturated heterocycles. The molecule has 0 saturated carbocycles. The minimum absolute atomic E-state index is 0.00580. The minimum atomic E-state index is -0.477. The molecule has 2 N–H and O–H groups in total. The average Bonchev–Trinajstić information content (AvgIpc) is 2.51. The number of benzene rings is 1. The largest absolute Gasteiger partial charge is 0.374 e. The lowest BCUT2D eigenvalue weighted by Gasteiger charge is -2.32. The molecular weight excluding hydrogens is 306 g/mol. The van der Waals surface area contributed by atoms with Gasteiger partial charge in [0, 0.05) is 26.1 Å². The maximum absolute atomic E-state index is 12.2. The highest BCUT2D eigenvalue weighted by atomic mass is 16.5. The number of ether oxygens (including phenoxy) is 1. The number of nitrogens with zero attached hydrogens (tertiary/aromatic N) is 1. The van der Waals surface area contributed by atoms with Crippen LogP contribution in [0.1, 0.15) is 32.3 Å². The fraction of sp³-hybridized carbons (Fsp3) is 0.556. The Morgan fingerprint density at radius 3 is 2.71 bits per heavy atom. The van der Waals surface area contributed by atoms with Crippen LogP contribution in [0, 0.1) is 0 Å². The summed E-state index contributed by atoms with van der Waals surface area (Å²) >= 11 is 0. The van der Waals surface area contributed by atoms with E-state index in [-0.39, 0.29) is 18.0 Å². The van der Waals surface area contributed by atoms with E-state index in [1.165, 1.54) is 0 Å². The number of hydrogen-bond donors (Lipinski definition) is 2. The summed E-state index contributed by atoms with van der Waals surface area (Å²) in [6.07, 6.45) is 1.16. The number of likely N-dealkylation sites (tertiary alicyclic amines) is 1. The Morgan fingerprint density at radius 2 is 2.04 bits per heavy atom. The third-order valence-electron chi connectivity index (χ3n) is 3.99. The number of urea groups is 1. The van der Waals surface area contributed by atoms with E-state index in [1.807, 2.05) is 44.2 Å². The Hall–Kier alpha value is -2.08. The van der Waals surface area contributed by atoms with Crippen LogP contribution >= 0.6 is 0 Å². The zero-order valence-electron chi connectivity index (χ0n) is 14.7. The van der Waals surface area contributed by atoms with Crippen LogP contribution in [0.5, 0.6) is 0 Å². The molecule has 0 spiro atoms. The summed E-state index contributed by atoms with van der Waals surface area (Å²) in [5.74, 6) is 0.128. The molecule has 0 aromatic heterocycles. The summed E-state index contributed by atoms with van der Waals surface area (Å²) in [6, 6.07) is 9.70. The predicted octanol–water partition coefficient (Wildman–Crippen LogP) is 1.90. The molecule has 0 radical (unpaired) electrons. The molecule has 6 nitrogen and oxygen atoms in total. The van der Waals surface area contributed by atoms with Gasteiger partial charge >= 0.3 is 6.03 Å². The first-order valence-corrected chi connectivity index (χ1v) is 8.30. The van der Waals surface area contributed by atoms with Crippen LogP contribution < -0.4 is 10.6 Å². The number of rotatable bonds is 6. The van der Waals surface area contributed by atoms with Crippen molar-refractivity contribution >= 4 is 11.9 Å². The van der Waals surface area contributed by atoms with Crippen molar-refractivity contribution in [1.29, 1.82) is 0 Å². The van der Waals surface area contributed by atoms with E-state index in [0.717, 1.165) is 5.56 Å². The summed E-state index contributed by atoms with van der Waals surface area (Å²) in [6.45, 7) is 5.33. The summed E-state index contributed by atoms with van der Waals surface area (Å²) in [5.41, 5.74) is 0.627. The Labute approximate surface area is 143 Å². The van der Waals surface area contributed by atoms with Crippen LogP contribution in [0.2, 0.25) is 0 Å². The van der Waals surface area contributed by atoms with E-state index in [2.05, 4.69) is 10.6 Å². The first-order valence-electron chi connectivity index (χ1n) is 8.30. The fourth-order valence-electron chi connectivity index (χ4n) is 2.69. The summed E-state index contributed by atoms with van der Waals surface area (Å²) in [5, 5.41) is 5.87. The second-order valence-corrected chi connectivity index (χ2v) is 6.97. The van der Waals surface area contributed by atoms with E-state index >= 15 is 0 Å². The molecule has 0 unspecified atom stereocenters. The molecule has 132 valence electrons. The van der Waals surface area contributed by atoms with Gasteiger partial charge in [-0.05, 0) is 25.8 Å². The zero-order chi connectivity index (χ0) is 17.6. The molecule has 6 heteroatoms. The van der Waals surface area contributed by atoms with Crippen molar-refractivity contribution < 1.29 is 14.3 Å². The number of carbonyl (C=O) groups is 2. The van der Waals surface area contributed by atoms with Gasteiger partial charge in [-0.2, -0.15) is 0 Å². The molecular formula is C18H27N3O3. The van der Waals surface area contributed by atoms with E-state index in [0.29, 0.717) is 32.6 Å². The number of carbonyl (C=O) groups excluding carboxylic acids is 2. The number of hydrogen-bond acceptors (Lipinski definition) is 3. The lowest BCUT2D eigenvalue weighted by molar-refractivity contribution is -0.132. The molecule has 3 amide bonds. The lowest BCUT2D eigenvalue weighted by atomic mass is 10.1. The monoisotopic (exact) mass is 333 g/mol. The quantitative estimate of drug-likeness (QED) is 0.835. The normalized spacial score (nSPS) is 18.4. The van der Waals surface area contributed by atoms with E-state index < -0.39 is 5.54 Å². The first-order chi connectivity index (χ1) is 11.4. The van der Waals surface area contributed by atoms with Crippen LogP contribution in [-0.2, 0) is 16.1 Å². The van der Waals surface area contributed by atoms with Crippen LogP contribution in [0.25, 0.3) is 0 Å². The van der Waals surface area contributed by atoms with Crippen molar-refractivity contribution in [3.05, 3.63) is 35.9 Å². The standard InChI is InChI=1S/C18H27N3O3/c1-18(2,13-24-12-14-7-5-4-6-8-14)20-17(23)19-15-9-10-16(22)21(3)11-15/h4-8,15H,9-13H2,1-3H3,(H2,19,20,23)/t15-/m0/s1. The van der Waals surface area contributed by atoms with Gasteiger partial charge in [0.1, 0.15) is 0 Å². The molecule has 0 bridgehead atoms. The highest BCUT2D eigenvalue weighted by Crippen LogP contribution is 2.10. The van der Waals surface area contributed by atoms with Gasteiger partial charge in [0.2, 0.25) is 5.91 Å². The molecule has 1 aliphatic rings. The predicted molar refractivity (Wildman–Crippen MR) is 92.5 cm³/mol. The molecule has 24 heavy (non-hydrogen) atoms. The maximum Gasteiger partial charge on any atom is 0.315 e. The van der Waals surface area contributed by atoms with Crippen LogP contribution in [-0.4, -0.2) is 48.6 Å². The second-order valence-electron chi connectivity index (χ2n) is 6.97. The topological polar surface area (TPSA) is 70.7 Å². The van der Waals surface area contributed by atoms with Gasteiger partial charge in [0.25, 0.3) is 0 Å². The van der Waals surface area contributed by atoms with E-state index in [4.69, 9.17) is 4.74 Å². The first kappa shape index (κ1) is 18.3. The van der Waals surface area contributed by atoms with Crippen molar-refractivity contribution in [2.45, 2.75) is 44.9 Å². The van der Waals surface area contributed by atoms with E-state index in [1.54, 1.807) is 11.9 Å². The average molecular weight is 333 g/mol. The number of amides is 3.